The molecule has 3 N–H and O–H groups in total. The first-order valence-electron chi connectivity index (χ1n) is 21.9. The standard InChI is InChI=1S/C46H79O10P/c1-3-5-7-9-11-13-15-17-19-20-21-22-24-26-28-30-32-34-36-38-46(50)56-44(42-55-57(51,52)54-40-43(48)39-47)41-53-45(49)37-35-33-31-29-27-25-23-18-16-14-12-10-8-6-4-2/h5,7,11,13,17,19,21-22,26,28,32,34,43-44,47-48H,3-4,6,8-10,12,14-16,18,20,23-25,27,29-31,33,35-42H2,1-2H3,(H,51,52)/b7-5-,13-11-,19-17-,22-21-,28-26-,34-32-/t43?,44-/m1/s1. The molecular formula is C46H79O10P. The maximum atomic E-state index is 12.6. The van der Waals surface area contributed by atoms with E-state index < -0.39 is 51.8 Å². The van der Waals surface area contributed by atoms with Gasteiger partial charge in [-0.3, -0.25) is 18.6 Å². The Morgan fingerprint density at radius 1 is 0.544 bits per heavy atom. The molecule has 0 amide bonds. The second-order valence-corrected chi connectivity index (χ2v) is 15.8. The highest BCUT2D eigenvalue weighted by molar-refractivity contribution is 7.47. The van der Waals surface area contributed by atoms with Gasteiger partial charge in [0.1, 0.15) is 12.7 Å². The third-order valence-electron chi connectivity index (χ3n) is 8.89. The van der Waals surface area contributed by atoms with Crippen molar-refractivity contribution in [3.63, 3.8) is 0 Å². The van der Waals surface area contributed by atoms with Crippen molar-refractivity contribution in [3.8, 4) is 0 Å². The minimum absolute atomic E-state index is 0.0573. The fourth-order valence-corrected chi connectivity index (χ4v) is 6.34. The SMILES string of the molecule is CC/C=C\C/C=C\C/C=C\C/C=C\C/C=C\C/C=C\CCC(=O)O[C@H](COC(=O)CCCCCCCCCCCCCCCCC)COP(=O)(O)OCC(O)CO. The van der Waals surface area contributed by atoms with Crippen molar-refractivity contribution in [2.75, 3.05) is 26.4 Å². The highest BCUT2D eigenvalue weighted by Gasteiger charge is 2.27. The van der Waals surface area contributed by atoms with Crippen molar-refractivity contribution in [2.45, 2.75) is 180 Å². The molecule has 0 bridgehead atoms. The molecule has 0 heterocycles. The molecule has 0 aliphatic rings. The molecule has 0 aromatic rings. The highest BCUT2D eigenvalue weighted by Crippen LogP contribution is 2.43. The van der Waals surface area contributed by atoms with E-state index in [9.17, 15) is 24.2 Å². The third-order valence-corrected chi connectivity index (χ3v) is 9.84. The maximum Gasteiger partial charge on any atom is 0.472 e. The molecule has 0 aliphatic carbocycles. The summed E-state index contributed by atoms with van der Waals surface area (Å²) in [6.45, 7) is 2.18. The number of allylic oxidation sites excluding steroid dienone is 12. The number of hydrogen-bond donors (Lipinski definition) is 3. The quantitative estimate of drug-likeness (QED) is 0.0236. The van der Waals surface area contributed by atoms with Crippen LogP contribution in [0.4, 0.5) is 0 Å². The number of hydrogen-bond acceptors (Lipinski definition) is 9. The Morgan fingerprint density at radius 3 is 1.42 bits per heavy atom. The molecule has 0 aromatic heterocycles. The number of aliphatic hydroxyl groups excluding tert-OH is 2. The molecule has 0 spiro atoms. The number of carbonyl (C=O) groups excluding carboxylic acids is 2. The zero-order chi connectivity index (χ0) is 41.9. The van der Waals surface area contributed by atoms with Gasteiger partial charge < -0.3 is 24.6 Å². The van der Waals surface area contributed by atoms with Gasteiger partial charge in [0.2, 0.25) is 0 Å². The van der Waals surface area contributed by atoms with Gasteiger partial charge in [-0.1, -0.05) is 177 Å². The van der Waals surface area contributed by atoms with Crippen LogP contribution in [0.2, 0.25) is 0 Å². The summed E-state index contributed by atoms with van der Waals surface area (Å²) in [5.74, 6) is -1.02. The van der Waals surface area contributed by atoms with E-state index in [1.165, 1.54) is 70.6 Å². The van der Waals surface area contributed by atoms with Crippen LogP contribution in [0.5, 0.6) is 0 Å². The zero-order valence-electron chi connectivity index (χ0n) is 35.5. The summed E-state index contributed by atoms with van der Waals surface area (Å²) in [7, 11) is -4.64. The molecule has 0 rings (SSSR count). The molecule has 10 nitrogen and oxygen atoms in total. The van der Waals surface area contributed by atoms with Crippen molar-refractivity contribution >= 4 is 19.8 Å². The van der Waals surface area contributed by atoms with Crippen molar-refractivity contribution in [1.82, 2.24) is 0 Å². The minimum atomic E-state index is -4.64. The number of unbranched alkanes of at least 4 members (excludes halogenated alkanes) is 14. The summed E-state index contributed by atoms with van der Waals surface area (Å²) in [6, 6.07) is 0. The van der Waals surface area contributed by atoms with E-state index >= 15 is 0 Å². The maximum absolute atomic E-state index is 12.6. The first-order valence-corrected chi connectivity index (χ1v) is 23.4. The highest BCUT2D eigenvalue weighted by atomic mass is 31.2. The Kier molecular flexibility index (Phi) is 39.7. The lowest BCUT2D eigenvalue weighted by molar-refractivity contribution is -0.161. The van der Waals surface area contributed by atoms with Crippen molar-refractivity contribution < 1.29 is 47.8 Å². The molecule has 2 unspecified atom stereocenters. The van der Waals surface area contributed by atoms with Gasteiger partial charge >= 0.3 is 19.8 Å². The van der Waals surface area contributed by atoms with Crippen LogP contribution < -0.4 is 0 Å². The molecule has 0 aliphatic heterocycles. The van der Waals surface area contributed by atoms with Crippen LogP contribution in [-0.2, 0) is 32.7 Å². The number of carbonyl (C=O) groups is 2. The number of phosphoric acid groups is 1. The number of rotatable bonds is 40. The van der Waals surface area contributed by atoms with Crippen LogP contribution in [0.1, 0.15) is 168 Å². The number of aliphatic hydroxyl groups is 2. The molecular weight excluding hydrogens is 743 g/mol. The lowest BCUT2D eigenvalue weighted by atomic mass is 10.0. The summed E-state index contributed by atoms with van der Waals surface area (Å²) in [4.78, 5) is 35.0. The van der Waals surface area contributed by atoms with E-state index in [0.717, 1.165) is 57.8 Å². The third kappa shape index (κ3) is 41.4. The molecule has 0 aromatic carbocycles. The fourth-order valence-electron chi connectivity index (χ4n) is 5.55. The van der Waals surface area contributed by atoms with Gasteiger partial charge in [-0.25, -0.2) is 4.57 Å². The topological polar surface area (TPSA) is 149 Å². The monoisotopic (exact) mass is 823 g/mol. The number of phosphoric ester groups is 1. The van der Waals surface area contributed by atoms with E-state index in [4.69, 9.17) is 19.1 Å². The predicted molar refractivity (Wildman–Crippen MR) is 233 cm³/mol. The smallest absolute Gasteiger partial charge is 0.462 e. The largest absolute Gasteiger partial charge is 0.472 e. The second-order valence-electron chi connectivity index (χ2n) is 14.3. The van der Waals surface area contributed by atoms with Gasteiger partial charge in [-0.15, -0.1) is 0 Å². The second kappa shape index (κ2) is 41.6. The molecule has 57 heavy (non-hydrogen) atoms. The van der Waals surface area contributed by atoms with E-state index in [-0.39, 0.29) is 19.4 Å². The van der Waals surface area contributed by atoms with Crippen LogP contribution in [0.15, 0.2) is 72.9 Å². The van der Waals surface area contributed by atoms with Gasteiger partial charge in [-0.05, 0) is 51.4 Å². The van der Waals surface area contributed by atoms with Crippen molar-refractivity contribution in [3.05, 3.63) is 72.9 Å². The Morgan fingerprint density at radius 2 is 0.965 bits per heavy atom. The lowest BCUT2D eigenvalue weighted by Crippen LogP contribution is -2.29. The summed E-state index contributed by atoms with van der Waals surface area (Å²) in [5.41, 5.74) is 0. The summed E-state index contributed by atoms with van der Waals surface area (Å²) in [6.07, 6.45) is 47.4. The number of esters is 2. The summed E-state index contributed by atoms with van der Waals surface area (Å²) < 4.78 is 32.6. The lowest BCUT2D eigenvalue weighted by Gasteiger charge is -2.20. The van der Waals surface area contributed by atoms with Gasteiger partial charge in [0.25, 0.3) is 0 Å². The Labute approximate surface area is 346 Å². The van der Waals surface area contributed by atoms with E-state index in [2.05, 4.69) is 79.1 Å². The zero-order valence-corrected chi connectivity index (χ0v) is 36.4. The first kappa shape index (κ1) is 54.4. The van der Waals surface area contributed by atoms with Gasteiger partial charge in [-0.2, -0.15) is 0 Å². The predicted octanol–water partition coefficient (Wildman–Crippen LogP) is 11.7. The van der Waals surface area contributed by atoms with Gasteiger partial charge in [0.15, 0.2) is 6.10 Å². The van der Waals surface area contributed by atoms with Gasteiger partial charge in [0.05, 0.1) is 19.8 Å². The van der Waals surface area contributed by atoms with Crippen LogP contribution in [0.25, 0.3) is 0 Å². The van der Waals surface area contributed by atoms with Crippen LogP contribution in [-0.4, -0.2) is 65.7 Å². The first-order chi connectivity index (χ1) is 27.7. The van der Waals surface area contributed by atoms with Gasteiger partial charge in [0, 0.05) is 12.8 Å². The average Bonchev–Trinajstić information content (AvgIpc) is 3.20. The molecule has 0 saturated heterocycles. The van der Waals surface area contributed by atoms with E-state index in [0.29, 0.717) is 12.8 Å². The molecule has 0 fully saturated rings. The Balaban J connectivity index is 4.43. The fraction of sp³-hybridized carbons (Fsp3) is 0.696. The van der Waals surface area contributed by atoms with Crippen molar-refractivity contribution in [2.24, 2.45) is 0 Å². The molecule has 3 atom stereocenters. The van der Waals surface area contributed by atoms with Crippen LogP contribution in [0, 0.1) is 0 Å². The Bertz CT molecular complexity index is 1180. The molecule has 328 valence electrons. The van der Waals surface area contributed by atoms with E-state index in [1.54, 1.807) is 0 Å². The molecule has 0 radical (unpaired) electrons. The van der Waals surface area contributed by atoms with Crippen LogP contribution >= 0.6 is 7.82 Å². The average molecular weight is 823 g/mol. The number of ether oxygens (including phenoxy) is 2. The van der Waals surface area contributed by atoms with E-state index in [1.807, 2.05) is 12.2 Å². The summed E-state index contributed by atoms with van der Waals surface area (Å²) >= 11 is 0. The molecule has 11 heteroatoms. The Hall–Kier alpha value is -2.59. The molecule has 0 saturated carbocycles. The van der Waals surface area contributed by atoms with Crippen LogP contribution in [0.3, 0.4) is 0 Å². The normalized spacial score (nSPS) is 14.5. The summed E-state index contributed by atoms with van der Waals surface area (Å²) in [5, 5.41) is 18.3. The minimum Gasteiger partial charge on any atom is -0.462 e. The van der Waals surface area contributed by atoms with Crippen molar-refractivity contribution in [1.29, 1.82) is 0 Å².